The van der Waals surface area contributed by atoms with Gasteiger partial charge in [0.25, 0.3) is 5.91 Å². The summed E-state index contributed by atoms with van der Waals surface area (Å²) in [6, 6.07) is 8.17. The molecule has 2 aromatic rings. The van der Waals surface area contributed by atoms with Crippen LogP contribution in [-0.4, -0.2) is 65.1 Å². The highest BCUT2D eigenvalue weighted by Crippen LogP contribution is 2.22. The molecule has 27 heavy (non-hydrogen) atoms. The van der Waals surface area contributed by atoms with E-state index in [9.17, 15) is 9.59 Å². The molecule has 2 aliphatic heterocycles. The van der Waals surface area contributed by atoms with Crippen LogP contribution in [0.4, 0.5) is 0 Å². The van der Waals surface area contributed by atoms with Gasteiger partial charge in [-0.15, -0.1) is 0 Å². The van der Waals surface area contributed by atoms with E-state index in [2.05, 4.69) is 16.7 Å². The Kier molecular flexibility index (Phi) is 5.16. The Balaban J connectivity index is 1.40. The summed E-state index contributed by atoms with van der Waals surface area (Å²) >= 11 is 0. The van der Waals surface area contributed by atoms with E-state index in [4.69, 9.17) is 4.74 Å². The summed E-state index contributed by atoms with van der Waals surface area (Å²) < 4.78 is 7.60. The van der Waals surface area contributed by atoms with Crippen LogP contribution in [0, 0.1) is 0 Å². The van der Waals surface area contributed by atoms with Crippen molar-refractivity contribution in [2.45, 2.75) is 31.8 Å². The van der Waals surface area contributed by atoms with Crippen molar-refractivity contribution in [1.82, 2.24) is 14.4 Å². The second kappa shape index (κ2) is 7.72. The zero-order valence-corrected chi connectivity index (χ0v) is 15.9. The molecule has 0 spiro atoms. The molecule has 144 valence electrons. The first kappa shape index (κ1) is 18.0. The van der Waals surface area contributed by atoms with Gasteiger partial charge >= 0.3 is 0 Å². The molecule has 2 amide bonds. The minimum atomic E-state index is -0.275. The molecule has 0 radical (unpaired) electrons. The number of aryl methyl sites for hydroxylation is 1. The van der Waals surface area contributed by atoms with Crippen LogP contribution in [0.1, 0.15) is 24.8 Å². The number of ether oxygens (including phenoxy) is 1. The molecular formula is C21H27N3O3. The summed E-state index contributed by atoms with van der Waals surface area (Å²) in [5.41, 5.74) is 2.21. The summed E-state index contributed by atoms with van der Waals surface area (Å²) in [6.07, 6.45) is 4.77. The standard InChI is InChI=1S/C21H27N3O3/c1-22-15-16(17-6-2-3-7-18(17)22)14-20(25)23-9-5-10-24(12-11-23)21(26)19-8-4-13-27-19/h2-3,6-7,15,19H,4-5,8-14H2,1H3. The van der Waals surface area contributed by atoms with E-state index in [-0.39, 0.29) is 17.9 Å². The first-order valence-corrected chi connectivity index (χ1v) is 9.84. The first-order chi connectivity index (χ1) is 13.1. The maximum absolute atomic E-state index is 12.9. The Labute approximate surface area is 159 Å². The van der Waals surface area contributed by atoms with Crippen LogP contribution in [0.5, 0.6) is 0 Å². The number of rotatable bonds is 3. The second-order valence-electron chi connectivity index (χ2n) is 7.52. The number of benzene rings is 1. The smallest absolute Gasteiger partial charge is 0.251 e. The van der Waals surface area contributed by atoms with Crippen LogP contribution in [0.25, 0.3) is 10.9 Å². The van der Waals surface area contributed by atoms with Gasteiger partial charge in [0, 0.05) is 56.9 Å². The van der Waals surface area contributed by atoms with E-state index in [0.29, 0.717) is 39.2 Å². The molecule has 1 atom stereocenters. The summed E-state index contributed by atoms with van der Waals surface area (Å²) in [5.74, 6) is 0.230. The molecule has 2 saturated heterocycles. The fraction of sp³-hybridized carbons (Fsp3) is 0.524. The molecule has 3 heterocycles. The predicted molar refractivity (Wildman–Crippen MR) is 103 cm³/mol. The molecule has 0 saturated carbocycles. The van der Waals surface area contributed by atoms with Crippen LogP contribution in [0.3, 0.4) is 0 Å². The van der Waals surface area contributed by atoms with Gasteiger partial charge in [-0.25, -0.2) is 0 Å². The topological polar surface area (TPSA) is 54.8 Å². The van der Waals surface area contributed by atoms with E-state index in [1.54, 1.807) is 0 Å². The average Bonchev–Trinajstić information content (AvgIpc) is 3.23. The molecule has 0 bridgehead atoms. The average molecular weight is 369 g/mol. The van der Waals surface area contributed by atoms with E-state index in [1.165, 1.54) is 0 Å². The minimum Gasteiger partial charge on any atom is -0.368 e. The Morgan fingerprint density at radius 3 is 2.67 bits per heavy atom. The van der Waals surface area contributed by atoms with Crippen molar-refractivity contribution in [2.75, 3.05) is 32.8 Å². The van der Waals surface area contributed by atoms with Crippen molar-refractivity contribution in [3.05, 3.63) is 36.0 Å². The number of hydrogen-bond donors (Lipinski definition) is 0. The van der Waals surface area contributed by atoms with Crippen molar-refractivity contribution < 1.29 is 14.3 Å². The minimum absolute atomic E-state index is 0.0934. The zero-order valence-electron chi connectivity index (χ0n) is 15.9. The van der Waals surface area contributed by atoms with E-state index >= 15 is 0 Å². The number of amides is 2. The third-order valence-corrected chi connectivity index (χ3v) is 5.69. The van der Waals surface area contributed by atoms with Gasteiger partial charge in [0.2, 0.25) is 5.91 Å². The van der Waals surface area contributed by atoms with Gasteiger partial charge in [0.15, 0.2) is 0 Å². The van der Waals surface area contributed by atoms with Crippen LogP contribution in [0.2, 0.25) is 0 Å². The van der Waals surface area contributed by atoms with Gasteiger partial charge < -0.3 is 19.1 Å². The molecular weight excluding hydrogens is 342 g/mol. The Morgan fingerprint density at radius 2 is 1.85 bits per heavy atom. The number of nitrogens with zero attached hydrogens (tertiary/aromatic N) is 3. The lowest BCUT2D eigenvalue weighted by molar-refractivity contribution is -0.141. The lowest BCUT2D eigenvalue weighted by Crippen LogP contribution is -2.42. The van der Waals surface area contributed by atoms with Crippen molar-refractivity contribution in [3.63, 3.8) is 0 Å². The molecule has 6 heteroatoms. The molecule has 6 nitrogen and oxygen atoms in total. The molecule has 0 aliphatic carbocycles. The number of carbonyl (C=O) groups is 2. The summed E-state index contributed by atoms with van der Waals surface area (Å²) in [7, 11) is 2.01. The molecule has 2 fully saturated rings. The molecule has 4 rings (SSSR count). The highest BCUT2D eigenvalue weighted by Gasteiger charge is 2.30. The van der Waals surface area contributed by atoms with Crippen LogP contribution in [-0.2, 0) is 27.8 Å². The predicted octanol–water partition coefficient (Wildman–Crippen LogP) is 1.96. The van der Waals surface area contributed by atoms with Crippen molar-refractivity contribution in [2.24, 2.45) is 7.05 Å². The number of fused-ring (bicyclic) bond motifs is 1. The normalized spacial score (nSPS) is 20.9. The highest BCUT2D eigenvalue weighted by atomic mass is 16.5. The van der Waals surface area contributed by atoms with Crippen molar-refractivity contribution in [3.8, 4) is 0 Å². The number of para-hydroxylation sites is 1. The van der Waals surface area contributed by atoms with Crippen LogP contribution < -0.4 is 0 Å². The number of carbonyl (C=O) groups excluding carboxylic acids is 2. The zero-order chi connectivity index (χ0) is 18.8. The van der Waals surface area contributed by atoms with Crippen molar-refractivity contribution in [1.29, 1.82) is 0 Å². The highest BCUT2D eigenvalue weighted by molar-refractivity contribution is 5.89. The summed E-state index contributed by atoms with van der Waals surface area (Å²) in [5, 5.41) is 1.14. The number of hydrogen-bond acceptors (Lipinski definition) is 3. The van der Waals surface area contributed by atoms with E-state index < -0.39 is 0 Å². The number of aromatic nitrogens is 1. The monoisotopic (exact) mass is 369 g/mol. The fourth-order valence-electron chi connectivity index (χ4n) is 4.20. The van der Waals surface area contributed by atoms with Gasteiger partial charge in [-0.1, -0.05) is 18.2 Å². The molecule has 1 unspecified atom stereocenters. The quantitative estimate of drug-likeness (QED) is 0.831. The van der Waals surface area contributed by atoms with Crippen LogP contribution in [0.15, 0.2) is 30.5 Å². The Morgan fingerprint density at radius 1 is 1.07 bits per heavy atom. The molecule has 0 N–H and O–H groups in total. The largest absolute Gasteiger partial charge is 0.368 e. The summed E-state index contributed by atoms with van der Waals surface area (Å²) in [4.78, 5) is 29.2. The third kappa shape index (κ3) is 3.72. The van der Waals surface area contributed by atoms with Crippen molar-refractivity contribution >= 4 is 22.7 Å². The summed E-state index contributed by atoms with van der Waals surface area (Å²) in [6.45, 7) is 3.29. The molecule has 1 aromatic carbocycles. The van der Waals surface area contributed by atoms with E-state index in [0.717, 1.165) is 35.7 Å². The first-order valence-electron chi connectivity index (χ1n) is 9.84. The molecule has 1 aromatic heterocycles. The second-order valence-corrected chi connectivity index (χ2v) is 7.52. The maximum Gasteiger partial charge on any atom is 0.251 e. The lowest BCUT2D eigenvalue weighted by Gasteiger charge is -2.24. The SMILES string of the molecule is Cn1cc(CC(=O)N2CCCN(C(=O)C3CCCO3)CC2)c2ccccc21. The third-order valence-electron chi connectivity index (χ3n) is 5.69. The maximum atomic E-state index is 12.9. The molecule has 2 aliphatic rings. The Bertz CT molecular complexity index is 838. The van der Waals surface area contributed by atoms with Crippen LogP contribution >= 0.6 is 0 Å². The van der Waals surface area contributed by atoms with Gasteiger partial charge in [-0.2, -0.15) is 0 Å². The lowest BCUT2D eigenvalue weighted by atomic mass is 10.1. The van der Waals surface area contributed by atoms with Gasteiger partial charge in [0.1, 0.15) is 6.10 Å². The van der Waals surface area contributed by atoms with Gasteiger partial charge in [-0.05, 0) is 30.9 Å². The van der Waals surface area contributed by atoms with Gasteiger partial charge in [-0.3, -0.25) is 9.59 Å². The fourth-order valence-corrected chi connectivity index (χ4v) is 4.20. The van der Waals surface area contributed by atoms with Gasteiger partial charge in [0.05, 0.1) is 6.42 Å². The van der Waals surface area contributed by atoms with E-state index in [1.807, 2.05) is 35.2 Å². The Hall–Kier alpha value is -2.34.